The summed E-state index contributed by atoms with van der Waals surface area (Å²) in [6, 6.07) is 22.7. The zero-order valence-corrected chi connectivity index (χ0v) is 15.5. The van der Waals surface area contributed by atoms with Gasteiger partial charge in [0.1, 0.15) is 28.4 Å². The van der Waals surface area contributed by atoms with Crippen LogP contribution in [0.4, 0.5) is 5.69 Å². The maximum absolute atomic E-state index is 12.6. The Hall–Kier alpha value is -4.06. The Labute approximate surface area is 166 Å². The summed E-state index contributed by atoms with van der Waals surface area (Å²) >= 11 is 0. The monoisotopic (exact) mass is 387 g/mol. The van der Waals surface area contributed by atoms with Crippen molar-refractivity contribution in [3.05, 3.63) is 94.8 Å². The lowest BCUT2D eigenvalue weighted by Gasteiger charge is -2.08. The Balaban J connectivity index is 1.53. The van der Waals surface area contributed by atoms with Crippen molar-refractivity contribution in [2.45, 2.75) is 0 Å². The molecule has 0 aliphatic heterocycles. The fourth-order valence-corrected chi connectivity index (χ4v) is 2.82. The highest BCUT2D eigenvalue weighted by atomic mass is 16.5. The van der Waals surface area contributed by atoms with Gasteiger partial charge in [-0.25, -0.2) is 4.79 Å². The number of amides is 1. The number of rotatable bonds is 5. The van der Waals surface area contributed by atoms with E-state index in [4.69, 9.17) is 13.9 Å². The molecule has 0 fully saturated rings. The second-order valence-corrected chi connectivity index (χ2v) is 6.24. The van der Waals surface area contributed by atoms with Gasteiger partial charge in [0.25, 0.3) is 5.91 Å². The number of carbonyl (C=O) groups excluding carboxylic acids is 1. The number of para-hydroxylation sites is 1. The SMILES string of the molecule is COc1ccc2oc(=O)c(C(=O)Nc3ccc(Oc4ccccc4)cc3)cc2c1. The molecule has 1 amide bonds. The molecule has 0 bridgehead atoms. The fourth-order valence-electron chi connectivity index (χ4n) is 2.82. The number of nitrogens with one attached hydrogen (secondary N) is 1. The summed E-state index contributed by atoms with van der Waals surface area (Å²) < 4.78 is 16.1. The second kappa shape index (κ2) is 7.90. The lowest BCUT2D eigenvalue weighted by Crippen LogP contribution is -2.20. The van der Waals surface area contributed by atoms with Gasteiger partial charge in [-0.1, -0.05) is 18.2 Å². The van der Waals surface area contributed by atoms with E-state index in [2.05, 4.69) is 5.32 Å². The number of hydrogen-bond donors (Lipinski definition) is 1. The molecule has 0 aliphatic carbocycles. The van der Waals surface area contributed by atoms with E-state index in [1.165, 1.54) is 6.07 Å². The summed E-state index contributed by atoms with van der Waals surface area (Å²) in [5.74, 6) is 1.40. The Morgan fingerprint density at radius 1 is 0.862 bits per heavy atom. The first-order chi connectivity index (χ1) is 14.1. The van der Waals surface area contributed by atoms with Gasteiger partial charge in [0.15, 0.2) is 0 Å². The first-order valence-electron chi connectivity index (χ1n) is 8.88. The molecule has 4 rings (SSSR count). The number of carbonyl (C=O) groups is 1. The molecule has 6 nitrogen and oxygen atoms in total. The topological polar surface area (TPSA) is 77.8 Å². The van der Waals surface area contributed by atoms with Crippen LogP contribution in [0.2, 0.25) is 0 Å². The minimum absolute atomic E-state index is 0.0876. The summed E-state index contributed by atoms with van der Waals surface area (Å²) in [5.41, 5.74) is 0.120. The van der Waals surface area contributed by atoms with E-state index in [0.717, 1.165) is 0 Å². The van der Waals surface area contributed by atoms with Crippen molar-refractivity contribution in [2.24, 2.45) is 0 Å². The average molecular weight is 387 g/mol. The van der Waals surface area contributed by atoms with Crippen LogP contribution in [0.25, 0.3) is 11.0 Å². The number of anilines is 1. The lowest BCUT2D eigenvalue weighted by atomic mass is 10.1. The smallest absolute Gasteiger partial charge is 0.349 e. The zero-order valence-electron chi connectivity index (χ0n) is 15.5. The average Bonchev–Trinajstić information content (AvgIpc) is 2.75. The van der Waals surface area contributed by atoms with Crippen molar-refractivity contribution in [3.63, 3.8) is 0 Å². The third-order valence-electron chi connectivity index (χ3n) is 4.28. The molecule has 0 saturated heterocycles. The van der Waals surface area contributed by atoms with E-state index in [0.29, 0.717) is 33.9 Å². The standard InChI is InChI=1S/C23H17NO5/c1-27-19-11-12-21-15(13-19)14-20(23(26)29-21)22(25)24-16-7-9-18(10-8-16)28-17-5-3-2-4-6-17/h2-14H,1H3,(H,24,25). The van der Waals surface area contributed by atoms with Gasteiger partial charge in [0, 0.05) is 11.1 Å². The first-order valence-corrected chi connectivity index (χ1v) is 8.88. The van der Waals surface area contributed by atoms with Crippen molar-refractivity contribution >= 4 is 22.6 Å². The summed E-state index contributed by atoms with van der Waals surface area (Å²) in [7, 11) is 1.54. The predicted molar refractivity (Wildman–Crippen MR) is 110 cm³/mol. The molecule has 29 heavy (non-hydrogen) atoms. The molecule has 0 saturated carbocycles. The van der Waals surface area contributed by atoms with Crippen LogP contribution in [0, 0.1) is 0 Å². The molecule has 0 unspecified atom stereocenters. The van der Waals surface area contributed by atoms with Crippen LogP contribution < -0.4 is 20.4 Å². The molecular formula is C23H17NO5. The molecule has 4 aromatic rings. The van der Waals surface area contributed by atoms with E-state index in [1.54, 1.807) is 49.6 Å². The van der Waals surface area contributed by atoms with Crippen LogP contribution in [0.3, 0.4) is 0 Å². The molecule has 0 spiro atoms. The molecule has 0 atom stereocenters. The van der Waals surface area contributed by atoms with Crippen LogP contribution in [0.15, 0.2) is 88.1 Å². The predicted octanol–water partition coefficient (Wildman–Crippen LogP) is 4.85. The van der Waals surface area contributed by atoms with Crippen LogP contribution >= 0.6 is 0 Å². The largest absolute Gasteiger partial charge is 0.497 e. The zero-order chi connectivity index (χ0) is 20.2. The third-order valence-corrected chi connectivity index (χ3v) is 4.28. The fraction of sp³-hybridized carbons (Fsp3) is 0.0435. The van der Waals surface area contributed by atoms with E-state index < -0.39 is 11.5 Å². The van der Waals surface area contributed by atoms with Crippen molar-refractivity contribution in [3.8, 4) is 17.2 Å². The quantitative estimate of drug-likeness (QED) is 0.496. The van der Waals surface area contributed by atoms with Crippen molar-refractivity contribution in [1.29, 1.82) is 0 Å². The normalized spacial score (nSPS) is 10.5. The Bertz CT molecular complexity index is 1210. The molecule has 0 aliphatic rings. The molecule has 1 heterocycles. The van der Waals surface area contributed by atoms with Crippen molar-refractivity contribution in [1.82, 2.24) is 0 Å². The van der Waals surface area contributed by atoms with Crippen LogP contribution in [0.5, 0.6) is 17.2 Å². The van der Waals surface area contributed by atoms with E-state index >= 15 is 0 Å². The second-order valence-electron chi connectivity index (χ2n) is 6.24. The Morgan fingerprint density at radius 3 is 2.28 bits per heavy atom. The molecule has 1 N–H and O–H groups in total. The molecule has 144 valence electrons. The number of methoxy groups -OCH3 is 1. The third kappa shape index (κ3) is 4.11. The number of fused-ring (bicyclic) bond motifs is 1. The Kier molecular flexibility index (Phi) is 4.99. The molecule has 3 aromatic carbocycles. The van der Waals surface area contributed by atoms with Crippen LogP contribution in [0.1, 0.15) is 10.4 Å². The van der Waals surface area contributed by atoms with Gasteiger partial charge in [-0.05, 0) is 60.7 Å². The maximum atomic E-state index is 12.6. The van der Waals surface area contributed by atoms with Crippen molar-refractivity contribution < 1.29 is 18.7 Å². The van der Waals surface area contributed by atoms with Gasteiger partial charge >= 0.3 is 5.63 Å². The highest BCUT2D eigenvalue weighted by Crippen LogP contribution is 2.23. The minimum Gasteiger partial charge on any atom is -0.497 e. The molecule has 1 aromatic heterocycles. The first kappa shape index (κ1) is 18.3. The summed E-state index contributed by atoms with van der Waals surface area (Å²) in [6.07, 6.45) is 0. The van der Waals surface area contributed by atoms with Gasteiger partial charge in [-0.3, -0.25) is 4.79 Å². The summed E-state index contributed by atoms with van der Waals surface area (Å²) in [4.78, 5) is 24.8. The number of benzene rings is 3. The molecular weight excluding hydrogens is 370 g/mol. The van der Waals surface area contributed by atoms with Gasteiger partial charge in [-0.2, -0.15) is 0 Å². The lowest BCUT2D eigenvalue weighted by molar-refractivity contribution is 0.102. The summed E-state index contributed by atoms with van der Waals surface area (Å²) in [6.45, 7) is 0. The molecule has 0 radical (unpaired) electrons. The Morgan fingerprint density at radius 2 is 1.55 bits per heavy atom. The van der Waals surface area contributed by atoms with Crippen molar-refractivity contribution in [2.75, 3.05) is 12.4 Å². The highest BCUT2D eigenvalue weighted by molar-refractivity contribution is 6.05. The highest BCUT2D eigenvalue weighted by Gasteiger charge is 2.14. The summed E-state index contributed by atoms with van der Waals surface area (Å²) in [5, 5.41) is 3.30. The van der Waals surface area contributed by atoms with Gasteiger partial charge < -0.3 is 19.2 Å². The van der Waals surface area contributed by atoms with Crippen LogP contribution in [-0.2, 0) is 0 Å². The van der Waals surface area contributed by atoms with E-state index in [1.807, 2.05) is 30.3 Å². The van der Waals surface area contributed by atoms with Gasteiger partial charge in [-0.15, -0.1) is 0 Å². The number of ether oxygens (including phenoxy) is 2. The number of hydrogen-bond acceptors (Lipinski definition) is 5. The van der Waals surface area contributed by atoms with Gasteiger partial charge in [0.2, 0.25) is 0 Å². The molecule has 6 heteroatoms. The van der Waals surface area contributed by atoms with Crippen LogP contribution in [-0.4, -0.2) is 13.0 Å². The minimum atomic E-state index is -0.704. The van der Waals surface area contributed by atoms with E-state index in [9.17, 15) is 9.59 Å². The van der Waals surface area contributed by atoms with Gasteiger partial charge in [0.05, 0.1) is 7.11 Å². The van der Waals surface area contributed by atoms with E-state index in [-0.39, 0.29) is 5.56 Å². The maximum Gasteiger partial charge on any atom is 0.349 e.